The average Bonchev–Trinajstić information content (AvgIpc) is 2.78. The molecule has 4 heterocycles. The lowest BCUT2D eigenvalue weighted by Gasteiger charge is -2.45. The van der Waals surface area contributed by atoms with E-state index < -0.39 is 0 Å². The molecule has 4 rings (SSSR count). The van der Waals surface area contributed by atoms with E-state index in [2.05, 4.69) is 21.7 Å². The summed E-state index contributed by atoms with van der Waals surface area (Å²) in [6, 6.07) is 5.87. The van der Waals surface area contributed by atoms with Crippen molar-refractivity contribution in [3.05, 3.63) is 36.5 Å². The first-order valence-corrected chi connectivity index (χ1v) is 10.9. The standard InChI is InChI=1S/C22H32N6O2/c1-18-8-11-26(12-9-18)20-6-7-21(29)28(24(20)2)17-22(30)27-15-13-25(14-16-27)19-5-3-4-10-23-19/h3-7,10,18,20H,8-9,11-17H2,1-2H3. The third-order valence-corrected chi connectivity index (χ3v) is 6.51. The zero-order valence-corrected chi connectivity index (χ0v) is 18.0. The summed E-state index contributed by atoms with van der Waals surface area (Å²) in [7, 11) is 1.91. The molecular formula is C22H32N6O2. The molecule has 0 aromatic carbocycles. The van der Waals surface area contributed by atoms with Gasteiger partial charge in [-0.2, -0.15) is 5.01 Å². The molecule has 2 fully saturated rings. The van der Waals surface area contributed by atoms with Crippen molar-refractivity contribution in [1.29, 1.82) is 0 Å². The van der Waals surface area contributed by atoms with Crippen LogP contribution in [0.3, 0.4) is 0 Å². The summed E-state index contributed by atoms with van der Waals surface area (Å²) in [5.41, 5.74) is 0. The van der Waals surface area contributed by atoms with Crippen molar-refractivity contribution >= 4 is 17.6 Å². The Kier molecular flexibility index (Phi) is 6.34. The zero-order chi connectivity index (χ0) is 21.1. The van der Waals surface area contributed by atoms with E-state index in [1.54, 1.807) is 17.3 Å². The molecule has 162 valence electrons. The van der Waals surface area contributed by atoms with Crippen LogP contribution in [0.2, 0.25) is 0 Å². The van der Waals surface area contributed by atoms with Gasteiger partial charge >= 0.3 is 0 Å². The SMILES string of the molecule is CC1CCN(C2C=CC(=O)N(CC(=O)N3CCN(c4ccccn4)CC3)N2C)CC1. The molecule has 1 atom stereocenters. The number of carbonyl (C=O) groups is 2. The predicted molar refractivity (Wildman–Crippen MR) is 115 cm³/mol. The molecule has 2 amide bonds. The number of hydrogen-bond acceptors (Lipinski definition) is 6. The highest BCUT2D eigenvalue weighted by atomic mass is 16.2. The van der Waals surface area contributed by atoms with Gasteiger partial charge in [0, 0.05) is 58.6 Å². The fraction of sp³-hybridized carbons (Fsp3) is 0.591. The van der Waals surface area contributed by atoms with Gasteiger partial charge in [-0.25, -0.2) is 4.98 Å². The quantitative estimate of drug-likeness (QED) is 0.736. The summed E-state index contributed by atoms with van der Waals surface area (Å²) in [6.45, 7) is 7.21. The Morgan fingerprint density at radius 1 is 1.10 bits per heavy atom. The number of likely N-dealkylation sites (tertiary alicyclic amines) is 1. The molecule has 0 radical (unpaired) electrons. The van der Waals surface area contributed by atoms with Crippen LogP contribution in [0.25, 0.3) is 0 Å². The molecule has 0 N–H and O–H groups in total. The number of hydrazine groups is 1. The van der Waals surface area contributed by atoms with Crippen molar-refractivity contribution in [3.63, 3.8) is 0 Å². The van der Waals surface area contributed by atoms with Crippen LogP contribution in [0, 0.1) is 5.92 Å². The number of likely N-dealkylation sites (N-methyl/N-ethyl adjacent to an activating group) is 1. The molecule has 8 nitrogen and oxygen atoms in total. The topological polar surface area (TPSA) is 63.2 Å². The van der Waals surface area contributed by atoms with Crippen molar-refractivity contribution in [2.24, 2.45) is 5.92 Å². The number of piperidine rings is 1. The van der Waals surface area contributed by atoms with Gasteiger partial charge in [0.2, 0.25) is 5.91 Å². The largest absolute Gasteiger partial charge is 0.353 e. The highest BCUT2D eigenvalue weighted by Gasteiger charge is 2.34. The maximum atomic E-state index is 13.0. The molecule has 0 aliphatic carbocycles. The first-order chi connectivity index (χ1) is 14.5. The second-order valence-corrected chi connectivity index (χ2v) is 8.52. The van der Waals surface area contributed by atoms with E-state index in [-0.39, 0.29) is 24.5 Å². The smallest absolute Gasteiger partial charge is 0.261 e. The van der Waals surface area contributed by atoms with E-state index >= 15 is 0 Å². The minimum absolute atomic E-state index is 0.00260. The van der Waals surface area contributed by atoms with Gasteiger partial charge in [0.1, 0.15) is 12.4 Å². The molecule has 3 aliphatic rings. The van der Waals surface area contributed by atoms with Crippen LogP contribution >= 0.6 is 0 Å². The van der Waals surface area contributed by atoms with Crippen LogP contribution in [-0.4, -0.2) is 95.6 Å². The first-order valence-electron chi connectivity index (χ1n) is 10.9. The van der Waals surface area contributed by atoms with Crippen LogP contribution in [0.4, 0.5) is 5.82 Å². The molecule has 3 aliphatic heterocycles. The number of hydrogen-bond donors (Lipinski definition) is 0. The number of piperazine rings is 1. The molecule has 1 aromatic heterocycles. The zero-order valence-electron chi connectivity index (χ0n) is 18.0. The Balaban J connectivity index is 1.33. The third-order valence-electron chi connectivity index (χ3n) is 6.51. The molecule has 0 saturated carbocycles. The fourth-order valence-corrected chi connectivity index (χ4v) is 4.47. The summed E-state index contributed by atoms with van der Waals surface area (Å²) in [4.78, 5) is 36.3. The molecule has 1 unspecified atom stereocenters. The van der Waals surface area contributed by atoms with Crippen LogP contribution in [0.5, 0.6) is 0 Å². The Bertz CT molecular complexity index is 769. The average molecular weight is 413 g/mol. The predicted octanol–water partition coefficient (Wildman–Crippen LogP) is 1.03. The highest BCUT2D eigenvalue weighted by molar-refractivity contribution is 5.91. The van der Waals surface area contributed by atoms with Crippen molar-refractivity contribution in [1.82, 2.24) is 24.8 Å². The summed E-state index contributed by atoms with van der Waals surface area (Å²) in [5, 5.41) is 3.52. The molecule has 8 heteroatoms. The number of amides is 2. The number of nitrogens with zero attached hydrogens (tertiary/aromatic N) is 6. The van der Waals surface area contributed by atoms with Crippen molar-refractivity contribution < 1.29 is 9.59 Å². The normalized spacial score (nSPS) is 24.5. The molecule has 1 aromatic rings. The molecule has 0 spiro atoms. The van der Waals surface area contributed by atoms with Gasteiger partial charge in [-0.3, -0.25) is 19.5 Å². The second kappa shape index (κ2) is 9.14. The van der Waals surface area contributed by atoms with Crippen molar-refractivity contribution in [2.45, 2.75) is 25.9 Å². The van der Waals surface area contributed by atoms with Crippen molar-refractivity contribution in [2.75, 3.05) is 57.8 Å². The fourth-order valence-electron chi connectivity index (χ4n) is 4.47. The summed E-state index contributed by atoms with van der Waals surface area (Å²) in [5.74, 6) is 1.57. The lowest BCUT2D eigenvalue weighted by molar-refractivity contribution is -0.161. The Morgan fingerprint density at radius 2 is 1.83 bits per heavy atom. The second-order valence-electron chi connectivity index (χ2n) is 8.52. The van der Waals surface area contributed by atoms with Crippen molar-refractivity contribution in [3.8, 4) is 0 Å². The van der Waals surface area contributed by atoms with Crippen LogP contribution in [0.15, 0.2) is 36.5 Å². The minimum atomic E-state index is -0.125. The maximum Gasteiger partial charge on any atom is 0.261 e. The van der Waals surface area contributed by atoms with Gasteiger partial charge in [-0.15, -0.1) is 0 Å². The van der Waals surface area contributed by atoms with E-state index in [4.69, 9.17) is 0 Å². The van der Waals surface area contributed by atoms with Gasteiger partial charge in [0.15, 0.2) is 0 Å². The summed E-state index contributed by atoms with van der Waals surface area (Å²) < 4.78 is 0. The number of rotatable bonds is 4. The van der Waals surface area contributed by atoms with E-state index in [1.807, 2.05) is 41.2 Å². The third kappa shape index (κ3) is 4.49. The Labute approximate surface area is 178 Å². The van der Waals surface area contributed by atoms with E-state index in [1.165, 1.54) is 12.8 Å². The molecular weight excluding hydrogens is 380 g/mol. The summed E-state index contributed by atoms with van der Waals surface area (Å²) in [6.07, 6.45) is 7.75. The molecule has 0 bridgehead atoms. The van der Waals surface area contributed by atoms with Gasteiger partial charge in [-0.1, -0.05) is 13.0 Å². The highest BCUT2D eigenvalue weighted by Crippen LogP contribution is 2.23. The van der Waals surface area contributed by atoms with Gasteiger partial charge < -0.3 is 9.80 Å². The van der Waals surface area contributed by atoms with E-state index in [0.29, 0.717) is 13.1 Å². The Morgan fingerprint density at radius 3 is 2.50 bits per heavy atom. The monoisotopic (exact) mass is 412 g/mol. The van der Waals surface area contributed by atoms with E-state index in [9.17, 15) is 9.59 Å². The number of pyridine rings is 1. The number of aromatic nitrogens is 1. The van der Waals surface area contributed by atoms with Gasteiger partial charge in [-0.05, 0) is 37.0 Å². The van der Waals surface area contributed by atoms with Crippen LogP contribution in [-0.2, 0) is 9.59 Å². The maximum absolute atomic E-state index is 13.0. The van der Waals surface area contributed by atoms with E-state index in [0.717, 1.165) is 37.9 Å². The number of anilines is 1. The lowest BCUT2D eigenvalue weighted by atomic mass is 9.98. The lowest BCUT2D eigenvalue weighted by Crippen LogP contribution is -2.61. The first kappa shape index (κ1) is 20.8. The Hall–Kier alpha value is -2.45. The number of carbonyl (C=O) groups excluding carboxylic acids is 2. The molecule has 2 saturated heterocycles. The van der Waals surface area contributed by atoms with Crippen LogP contribution < -0.4 is 4.90 Å². The summed E-state index contributed by atoms with van der Waals surface area (Å²) >= 11 is 0. The van der Waals surface area contributed by atoms with Gasteiger partial charge in [0.05, 0.1) is 6.17 Å². The van der Waals surface area contributed by atoms with Crippen LogP contribution in [0.1, 0.15) is 19.8 Å². The molecule has 30 heavy (non-hydrogen) atoms. The minimum Gasteiger partial charge on any atom is -0.353 e. The van der Waals surface area contributed by atoms with Gasteiger partial charge in [0.25, 0.3) is 5.91 Å².